The molecule has 1 amide bonds. The van der Waals surface area contributed by atoms with Crippen LogP contribution in [0, 0.1) is 0 Å². The Morgan fingerprint density at radius 1 is 1.29 bits per heavy atom. The molecule has 0 radical (unpaired) electrons. The van der Waals surface area contributed by atoms with Crippen LogP contribution in [-0.2, 0) is 17.8 Å². The van der Waals surface area contributed by atoms with E-state index < -0.39 is 0 Å². The lowest BCUT2D eigenvalue weighted by molar-refractivity contribution is -0.133. The molecule has 0 aromatic carbocycles. The maximum atomic E-state index is 11.8. The molecule has 1 aromatic heterocycles. The van der Waals surface area contributed by atoms with Gasteiger partial charge in [-0.3, -0.25) is 4.79 Å². The van der Waals surface area contributed by atoms with Gasteiger partial charge in [0.2, 0.25) is 5.91 Å². The first-order chi connectivity index (χ1) is 10.1. The van der Waals surface area contributed by atoms with E-state index in [-0.39, 0.29) is 18.4 Å². The van der Waals surface area contributed by atoms with Gasteiger partial charge in [-0.1, -0.05) is 13.8 Å². The van der Waals surface area contributed by atoms with E-state index >= 15 is 0 Å². The Balaban J connectivity index is 1.90. The number of hydrogen-bond donors (Lipinski definition) is 1. The fourth-order valence-corrected chi connectivity index (χ4v) is 2.62. The van der Waals surface area contributed by atoms with Crippen molar-refractivity contribution in [2.75, 3.05) is 19.7 Å². The highest BCUT2D eigenvalue weighted by molar-refractivity contribution is 5.76. The van der Waals surface area contributed by atoms with Crippen LogP contribution in [0.5, 0.6) is 0 Å². The maximum absolute atomic E-state index is 11.8. The highest BCUT2D eigenvalue weighted by atomic mass is 16.3. The van der Waals surface area contributed by atoms with Crippen LogP contribution >= 0.6 is 0 Å². The van der Waals surface area contributed by atoms with E-state index in [0.717, 1.165) is 50.4 Å². The minimum atomic E-state index is 0.0680. The number of aliphatic hydroxyl groups is 1. The van der Waals surface area contributed by atoms with E-state index in [1.54, 1.807) is 4.68 Å². The van der Waals surface area contributed by atoms with Crippen molar-refractivity contribution in [1.82, 2.24) is 19.7 Å². The second kappa shape index (κ2) is 7.54. The predicted molar refractivity (Wildman–Crippen MR) is 79.9 cm³/mol. The molecule has 0 atom stereocenters. The van der Waals surface area contributed by atoms with Crippen molar-refractivity contribution < 1.29 is 9.90 Å². The summed E-state index contributed by atoms with van der Waals surface area (Å²) in [6.45, 7) is 6.36. The van der Waals surface area contributed by atoms with Crippen LogP contribution in [0.15, 0.2) is 0 Å². The zero-order valence-corrected chi connectivity index (χ0v) is 13.1. The van der Waals surface area contributed by atoms with Crippen LogP contribution in [0.4, 0.5) is 0 Å². The number of rotatable bonds is 7. The molecule has 1 saturated heterocycles. The fraction of sp³-hybridized carbons (Fsp3) is 0.800. The summed E-state index contributed by atoms with van der Waals surface area (Å²) < 4.78 is 1.80. The van der Waals surface area contributed by atoms with E-state index in [1.807, 2.05) is 4.90 Å². The number of amides is 1. The monoisotopic (exact) mass is 294 g/mol. The summed E-state index contributed by atoms with van der Waals surface area (Å²) in [4.78, 5) is 18.3. The Morgan fingerprint density at radius 2 is 2.10 bits per heavy atom. The highest BCUT2D eigenvalue weighted by Gasteiger charge is 2.18. The van der Waals surface area contributed by atoms with Crippen molar-refractivity contribution in [1.29, 1.82) is 0 Å². The van der Waals surface area contributed by atoms with Gasteiger partial charge in [0.1, 0.15) is 5.82 Å². The van der Waals surface area contributed by atoms with Crippen molar-refractivity contribution in [2.24, 2.45) is 0 Å². The third-order valence-electron chi connectivity index (χ3n) is 3.84. The Hall–Kier alpha value is -1.43. The standard InChI is InChI=1S/C15H26N4O2/c1-12(2)15-16-13(19(17-15)10-11-20)6-5-9-18-8-4-3-7-14(18)21/h12,20H,3-11H2,1-2H3. The first-order valence-electron chi connectivity index (χ1n) is 7.94. The van der Waals surface area contributed by atoms with Gasteiger partial charge in [-0.25, -0.2) is 9.67 Å². The van der Waals surface area contributed by atoms with Gasteiger partial charge in [-0.2, -0.15) is 5.10 Å². The summed E-state index contributed by atoms with van der Waals surface area (Å²) in [5, 5.41) is 13.6. The molecule has 1 aliphatic rings. The molecule has 0 spiro atoms. The molecule has 118 valence electrons. The molecule has 1 fully saturated rings. The van der Waals surface area contributed by atoms with Crippen molar-refractivity contribution in [3.8, 4) is 0 Å². The SMILES string of the molecule is CC(C)c1nc(CCCN2CCCCC2=O)n(CCO)n1. The van der Waals surface area contributed by atoms with Crippen LogP contribution in [0.2, 0.25) is 0 Å². The molecule has 6 heteroatoms. The normalized spacial score (nSPS) is 16.0. The number of aliphatic hydroxyl groups excluding tert-OH is 1. The average Bonchev–Trinajstić information content (AvgIpc) is 2.85. The Morgan fingerprint density at radius 3 is 2.76 bits per heavy atom. The number of carbonyl (C=O) groups is 1. The van der Waals surface area contributed by atoms with Crippen molar-refractivity contribution in [3.63, 3.8) is 0 Å². The molecule has 6 nitrogen and oxygen atoms in total. The maximum Gasteiger partial charge on any atom is 0.222 e. The Kier molecular flexibility index (Phi) is 5.73. The molecule has 2 heterocycles. The van der Waals surface area contributed by atoms with Crippen LogP contribution in [-0.4, -0.2) is 50.4 Å². The topological polar surface area (TPSA) is 71.2 Å². The van der Waals surface area contributed by atoms with Gasteiger partial charge in [0, 0.05) is 31.8 Å². The number of aromatic nitrogens is 3. The lowest BCUT2D eigenvalue weighted by Gasteiger charge is -2.26. The zero-order valence-electron chi connectivity index (χ0n) is 13.1. The molecule has 1 aliphatic heterocycles. The molecular weight excluding hydrogens is 268 g/mol. The summed E-state index contributed by atoms with van der Waals surface area (Å²) in [6, 6.07) is 0. The van der Waals surface area contributed by atoms with Gasteiger partial charge >= 0.3 is 0 Å². The van der Waals surface area contributed by atoms with E-state index in [9.17, 15) is 4.79 Å². The highest BCUT2D eigenvalue weighted by Crippen LogP contribution is 2.14. The molecule has 0 saturated carbocycles. The fourth-order valence-electron chi connectivity index (χ4n) is 2.62. The van der Waals surface area contributed by atoms with Gasteiger partial charge in [0.05, 0.1) is 13.2 Å². The molecule has 0 unspecified atom stereocenters. The second-order valence-electron chi connectivity index (χ2n) is 5.93. The molecule has 0 aliphatic carbocycles. The molecule has 1 N–H and O–H groups in total. The smallest absolute Gasteiger partial charge is 0.222 e. The largest absolute Gasteiger partial charge is 0.394 e. The van der Waals surface area contributed by atoms with Crippen molar-refractivity contribution in [3.05, 3.63) is 11.6 Å². The number of aryl methyl sites for hydroxylation is 1. The third kappa shape index (κ3) is 4.27. The van der Waals surface area contributed by atoms with Gasteiger partial charge in [0.25, 0.3) is 0 Å². The van der Waals surface area contributed by atoms with Crippen LogP contribution in [0.3, 0.4) is 0 Å². The summed E-state index contributed by atoms with van der Waals surface area (Å²) >= 11 is 0. The lowest BCUT2D eigenvalue weighted by atomic mass is 10.1. The minimum absolute atomic E-state index is 0.0680. The number of hydrogen-bond acceptors (Lipinski definition) is 4. The number of nitrogens with zero attached hydrogens (tertiary/aromatic N) is 4. The van der Waals surface area contributed by atoms with Crippen LogP contribution in [0.1, 0.15) is 57.1 Å². The summed E-state index contributed by atoms with van der Waals surface area (Å²) in [7, 11) is 0. The zero-order chi connectivity index (χ0) is 15.2. The van der Waals surface area contributed by atoms with Crippen LogP contribution < -0.4 is 0 Å². The number of carbonyl (C=O) groups excluding carboxylic acids is 1. The lowest BCUT2D eigenvalue weighted by Crippen LogP contribution is -2.36. The first kappa shape index (κ1) is 15.9. The van der Waals surface area contributed by atoms with Gasteiger partial charge in [-0.05, 0) is 19.3 Å². The van der Waals surface area contributed by atoms with Crippen LogP contribution in [0.25, 0.3) is 0 Å². The second-order valence-corrected chi connectivity index (χ2v) is 5.93. The minimum Gasteiger partial charge on any atom is -0.394 e. The van der Waals surface area contributed by atoms with E-state index in [0.29, 0.717) is 13.0 Å². The molecule has 21 heavy (non-hydrogen) atoms. The average molecular weight is 294 g/mol. The summed E-state index contributed by atoms with van der Waals surface area (Å²) in [5.74, 6) is 2.30. The molecule has 0 bridgehead atoms. The predicted octanol–water partition coefficient (Wildman–Crippen LogP) is 1.34. The quantitative estimate of drug-likeness (QED) is 0.824. The van der Waals surface area contributed by atoms with Gasteiger partial charge in [0.15, 0.2) is 5.82 Å². The van der Waals surface area contributed by atoms with Crippen molar-refractivity contribution >= 4 is 5.91 Å². The van der Waals surface area contributed by atoms with Crippen molar-refractivity contribution in [2.45, 2.75) is 58.4 Å². The third-order valence-corrected chi connectivity index (χ3v) is 3.84. The Bertz CT molecular complexity index is 470. The molecule has 2 rings (SSSR count). The first-order valence-corrected chi connectivity index (χ1v) is 7.94. The van der Waals surface area contributed by atoms with Gasteiger partial charge < -0.3 is 10.0 Å². The van der Waals surface area contributed by atoms with E-state index in [1.165, 1.54) is 0 Å². The van der Waals surface area contributed by atoms with E-state index in [2.05, 4.69) is 23.9 Å². The number of likely N-dealkylation sites (tertiary alicyclic amines) is 1. The van der Waals surface area contributed by atoms with Gasteiger partial charge in [-0.15, -0.1) is 0 Å². The summed E-state index contributed by atoms with van der Waals surface area (Å²) in [6.07, 6.45) is 4.52. The van der Waals surface area contributed by atoms with E-state index in [4.69, 9.17) is 5.11 Å². The summed E-state index contributed by atoms with van der Waals surface area (Å²) in [5.41, 5.74) is 0. The Labute approximate surface area is 126 Å². The molecule has 1 aromatic rings. The molecular formula is C15H26N4O2. The number of piperidine rings is 1.